The number of benzene rings is 1. The second-order valence-corrected chi connectivity index (χ2v) is 6.76. The Kier molecular flexibility index (Phi) is 3.72. The molecule has 0 unspecified atom stereocenters. The Morgan fingerprint density at radius 2 is 1.57 bits per heavy atom. The molecule has 2 aliphatic heterocycles. The van der Waals surface area contributed by atoms with Crippen LogP contribution < -0.4 is 5.46 Å². The highest BCUT2D eigenvalue weighted by Gasteiger charge is 2.51. The monoisotopic (exact) mass is 286 g/mol. The van der Waals surface area contributed by atoms with Crippen molar-refractivity contribution in [3.63, 3.8) is 0 Å². The molecular formula is C17H23BO3. The van der Waals surface area contributed by atoms with Crippen LogP contribution in [0.25, 0.3) is 5.57 Å². The van der Waals surface area contributed by atoms with Crippen LogP contribution in [0.15, 0.2) is 30.3 Å². The smallest absolute Gasteiger partial charge is 0.399 e. The number of ether oxygens (including phenoxy) is 1. The Morgan fingerprint density at radius 3 is 2.10 bits per heavy atom. The Bertz CT molecular complexity index is 530. The number of hydrogen-bond donors (Lipinski definition) is 0. The quantitative estimate of drug-likeness (QED) is 0.782. The summed E-state index contributed by atoms with van der Waals surface area (Å²) in [5.74, 6) is 0. The van der Waals surface area contributed by atoms with Gasteiger partial charge in [0.2, 0.25) is 0 Å². The first-order chi connectivity index (χ1) is 9.89. The summed E-state index contributed by atoms with van der Waals surface area (Å²) in [6, 6.07) is 8.51. The zero-order chi connectivity index (χ0) is 15.1. The highest BCUT2D eigenvalue weighted by atomic mass is 16.7. The van der Waals surface area contributed by atoms with Crippen molar-refractivity contribution in [1.29, 1.82) is 0 Å². The summed E-state index contributed by atoms with van der Waals surface area (Å²) in [7, 11) is -0.285. The summed E-state index contributed by atoms with van der Waals surface area (Å²) >= 11 is 0. The van der Waals surface area contributed by atoms with Gasteiger partial charge in [-0.3, -0.25) is 0 Å². The van der Waals surface area contributed by atoms with Crippen LogP contribution in [0.4, 0.5) is 0 Å². The van der Waals surface area contributed by atoms with Crippen molar-refractivity contribution in [3.05, 3.63) is 35.9 Å². The van der Waals surface area contributed by atoms with Crippen LogP contribution in [0.2, 0.25) is 0 Å². The van der Waals surface area contributed by atoms with E-state index in [1.807, 2.05) is 0 Å². The highest BCUT2D eigenvalue weighted by molar-refractivity contribution is 6.62. The molecule has 0 aliphatic carbocycles. The topological polar surface area (TPSA) is 27.7 Å². The average Bonchev–Trinajstić information content (AvgIpc) is 2.69. The third-order valence-electron chi connectivity index (χ3n) is 4.77. The summed E-state index contributed by atoms with van der Waals surface area (Å²) in [4.78, 5) is 0. The van der Waals surface area contributed by atoms with Crippen molar-refractivity contribution in [1.82, 2.24) is 0 Å². The van der Waals surface area contributed by atoms with E-state index < -0.39 is 0 Å². The lowest BCUT2D eigenvalue weighted by Gasteiger charge is -2.32. The van der Waals surface area contributed by atoms with E-state index in [9.17, 15) is 0 Å². The molecule has 0 spiro atoms. The van der Waals surface area contributed by atoms with E-state index in [1.54, 1.807) is 0 Å². The average molecular weight is 286 g/mol. The van der Waals surface area contributed by atoms with Crippen LogP contribution in [0, 0.1) is 0 Å². The fraction of sp³-hybridized carbons (Fsp3) is 0.529. The minimum Gasteiger partial charge on any atom is -0.399 e. The molecule has 1 aromatic carbocycles. The predicted molar refractivity (Wildman–Crippen MR) is 85.6 cm³/mol. The predicted octanol–water partition coefficient (Wildman–Crippen LogP) is 2.79. The van der Waals surface area contributed by atoms with Crippen molar-refractivity contribution in [2.45, 2.75) is 45.3 Å². The lowest BCUT2D eigenvalue weighted by atomic mass is 9.78. The van der Waals surface area contributed by atoms with Crippen LogP contribution in [-0.2, 0) is 14.0 Å². The number of rotatable bonds is 2. The molecule has 2 heterocycles. The Hall–Kier alpha value is -1.10. The summed E-state index contributed by atoms with van der Waals surface area (Å²) in [5, 5.41) is 0. The van der Waals surface area contributed by atoms with Gasteiger partial charge in [0, 0.05) is 0 Å². The molecule has 0 aromatic heterocycles. The van der Waals surface area contributed by atoms with Gasteiger partial charge >= 0.3 is 7.12 Å². The van der Waals surface area contributed by atoms with E-state index in [-0.39, 0.29) is 18.3 Å². The molecule has 3 nitrogen and oxygen atoms in total. The lowest BCUT2D eigenvalue weighted by Crippen LogP contribution is -2.41. The van der Waals surface area contributed by atoms with E-state index in [0.717, 1.165) is 18.5 Å². The minimum absolute atomic E-state index is 0.285. The highest BCUT2D eigenvalue weighted by Crippen LogP contribution is 2.36. The Labute approximate surface area is 127 Å². The second-order valence-electron chi connectivity index (χ2n) is 6.76. The van der Waals surface area contributed by atoms with Gasteiger partial charge in [-0.2, -0.15) is 0 Å². The van der Waals surface area contributed by atoms with Gasteiger partial charge in [-0.15, -0.1) is 0 Å². The van der Waals surface area contributed by atoms with Gasteiger partial charge in [0.05, 0.1) is 24.4 Å². The maximum absolute atomic E-state index is 6.08. The molecule has 112 valence electrons. The van der Waals surface area contributed by atoms with Crippen LogP contribution in [0.5, 0.6) is 0 Å². The summed E-state index contributed by atoms with van der Waals surface area (Å²) in [6.45, 7) is 9.84. The van der Waals surface area contributed by atoms with E-state index >= 15 is 0 Å². The molecule has 0 radical (unpaired) electrons. The molecule has 2 aliphatic rings. The van der Waals surface area contributed by atoms with Crippen LogP contribution in [0.1, 0.15) is 39.7 Å². The zero-order valence-corrected chi connectivity index (χ0v) is 13.3. The summed E-state index contributed by atoms with van der Waals surface area (Å²) < 4.78 is 17.5. The second kappa shape index (κ2) is 5.27. The molecular weight excluding hydrogens is 263 g/mol. The van der Waals surface area contributed by atoms with Gasteiger partial charge in [0.25, 0.3) is 0 Å². The first kappa shape index (κ1) is 14.8. The fourth-order valence-corrected chi connectivity index (χ4v) is 2.62. The van der Waals surface area contributed by atoms with E-state index in [2.05, 4.69) is 58.0 Å². The standard InChI is InChI=1S/C17H23BO3/c1-16(2)17(3,4)21-18(20-16)15-7-5-13(6-8-15)14-9-11-19-12-10-14/h5-9H,10-12H2,1-4H3. The van der Waals surface area contributed by atoms with Gasteiger partial charge < -0.3 is 14.0 Å². The van der Waals surface area contributed by atoms with E-state index in [1.165, 1.54) is 11.1 Å². The Morgan fingerprint density at radius 1 is 0.952 bits per heavy atom. The van der Waals surface area contributed by atoms with Crippen molar-refractivity contribution in [2.75, 3.05) is 13.2 Å². The van der Waals surface area contributed by atoms with Crippen LogP contribution in [-0.4, -0.2) is 31.5 Å². The third kappa shape index (κ3) is 2.80. The molecule has 3 rings (SSSR count). The first-order valence-electron chi connectivity index (χ1n) is 7.62. The van der Waals surface area contributed by atoms with Crippen LogP contribution >= 0.6 is 0 Å². The van der Waals surface area contributed by atoms with Crippen molar-refractivity contribution in [2.24, 2.45) is 0 Å². The SMILES string of the molecule is CC1(C)OB(c2ccc(C3=CCOCC3)cc2)OC1(C)C. The van der Waals surface area contributed by atoms with Crippen molar-refractivity contribution in [3.8, 4) is 0 Å². The lowest BCUT2D eigenvalue weighted by molar-refractivity contribution is 0.00578. The van der Waals surface area contributed by atoms with Gasteiger partial charge in [-0.25, -0.2) is 0 Å². The molecule has 0 saturated carbocycles. The van der Waals surface area contributed by atoms with Crippen molar-refractivity contribution >= 4 is 18.2 Å². The third-order valence-corrected chi connectivity index (χ3v) is 4.77. The maximum atomic E-state index is 6.08. The molecule has 0 N–H and O–H groups in total. The van der Waals surface area contributed by atoms with Gasteiger partial charge in [0.15, 0.2) is 0 Å². The maximum Gasteiger partial charge on any atom is 0.494 e. The number of hydrogen-bond acceptors (Lipinski definition) is 3. The van der Waals surface area contributed by atoms with Gasteiger partial charge in [-0.1, -0.05) is 30.3 Å². The molecule has 0 amide bonds. The molecule has 4 heteroatoms. The summed E-state index contributed by atoms with van der Waals surface area (Å²) in [6.07, 6.45) is 3.14. The molecule has 1 fully saturated rings. The zero-order valence-electron chi connectivity index (χ0n) is 13.3. The van der Waals surface area contributed by atoms with Crippen molar-refractivity contribution < 1.29 is 14.0 Å². The Balaban J connectivity index is 1.78. The molecule has 21 heavy (non-hydrogen) atoms. The first-order valence-corrected chi connectivity index (χ1v) is 7.62. The minimum atomic E-state index is -0.292. The molecule has 0 atom stereocenters. The molecule has 1 aromatic rings. The van der Waals surface area contributed by atoms with Gasteiger partial charge in [0.1, 0.15) is 0 Å². The summed E-state index contributed by atoms with van der Waals surface area (Å²) in [5.41, 5.74) is 3.12. The fourth-order valence-electron chi connectivity index (χ4n) is 2.62. The normalized spacial score (nSPS) is 24.0. The molecule has 1 saturated heterocycles. The van der Waals surface area contributed by atoms with E-state index in [4.69, 9.17) is 14.0 Å². The van der Waals surface area contributed by atoms with Crippen LogP contribution in [0.3, 0.4) is 0 Å². The van der Waals surface area contributed by atoms with E-state index in [0.29, 0.717) is 6.61 Å². The largest absolute Gasteiger partial charge is 0.494 e. The molecule has 0 bridgehead atoms. The van der Waals surface area contributed by atoms with Gasteiger partial charge in [-0.05, 0) is 50.7 Å².